The molecule has 0 aliphatic rings. The molecule has 0 fully saturated rings. The Labute approximate surface area is 97.1 Å². The molecule has 0 atom stereocenters. The molecule has 0 saturated carbocycles. The predicted octanol–water partition coefficient (Wildman–Crippen LogP) is -0.933. The van der Waals surface area contributed by atoms with Crippen molar-refractivity contribution in [3.05, 3.63) is 11.4 Å². The Morgan fingerprint density at radius 2 is 1.94 bits per heavy atom. The minimum Gasteiger partial charge on any atom is -0.335 e. The highest BCUT2D eigenvalue weighted by Crippen LogP contribution is 2.01. The van der Waals surface area contributed by atoms with Gasteiger partial charge >= 0.3 is 11.8 Å². The summed E-state index contributed by atoms with van der Waals surface area (Å²) in [6, 6.07) is 1.68. The molecule has 88 valence electrons. The first kappa shape index (κ1) is 12.5. The van der Waals surface area contributed by atoms with Crippen LogP contribution < -0.4 is 10.6 Å². The number of hydrogen-bond donors (Lipinski definition) is 2. The van der Waals surface area contributed by atoms with Gasteiger partial charge in [-0.15, -0.1) is 5.10 Å². The molecule has 0 aliphatic heterocycles. The van der Waals surface area contributed by atoms with Gasteiger partial charge in [-0.05, 0) is 13.8 Å². The third-order valence-corrected chi connectivity index (χ3v) is 1.85. The molecule has 1 heterocycles. The van der Waals surface area contributed by atoms with Gasteiger partial charge < -0.3 is 5.32 Å². The highest BCUT2D eigenvalue weighted by Gasteiger charge is 2.14. The fourth-order valence-corrected chi connectivity index (χ4v) is 0.868. The van der Waals surface area contributed by atoms with Gasteiger partial charge in [-0.2, -0.15) is 10.4 Å². The maximum Gasteiger partial charge on any atom is 0.316 e. The molecule has 0 aromatic carbocycles. The molecule has 17 heavy (non-hydrogen) atoms. The van der Waals surface area contributed by atoms with E-state index >= 15 is 0 Å². The van der Waals surface area contributed by atoms with Gasteiger partial charge in [0.15, 0.2) is 0 Å². The number of amides is 2. The molecule has 8 heteroatoms. The van der Waals surface area contributed by atoms with E-state index in [0.29, 0.717) is 11.4 Å². The van der Waals surface area contributed by atoms with Crippen LogP contribution in [0.3, 0.4) is 0 Å². The Hall–Kier alpha value is -2.56. The maximum atomic E-state index is 11.3. The average Bonchev–Trinajstić information content (AvgIpc) is 2.30. The van der Waals surface area contributed by atoms with Crippen LogP contribution in [0.5, 0.6) is 0 Å². The summed E-state index contributed by atoms with van der Waals surface area (Å²) in [5, 5.41) is 19.8. The van der Waals surface area contributed by atoms with Crippen molar-refractivity contribution in [2.24, 2.45) is 0 Å². The van der Waals surface area contributed by atoms with Crippen molar-refractivity contribution in [1.29, 1.82) is 5.26 Å². The second kappa shape index (κ2) is 5.50. The number of nitrogens with one attached hydrogen (secondary N) is 2. The summed E-state index contributed by atoms with van der Waals surface area (Å²) in [6.45, 7) is 3.19. The second-order valence-electron chi connectivity index (χ2n) is 3.10. The molecule has 1 aromatic rings. The number of anilines is 1. The number of rotatable bonds is 2. The second-order valence-corrected chi connectivity index (χ2v) is 3.10. The van der Waals surface area contributed by atoms with Gasteiger partial charge in [0.25, 0.3) is 0 Å². The lowest BCUT2D eigenvalue weighted by Gasteiger charge is -2.03. The van der Waals surface area contributed by atoms with E-state index in [1.165, 1.54) is 0 Å². The zero-order chi connectivity index (χ0) is 12.8. The monoisotopic (exact) mass is 234 g/mol. The lowest BCUT2D eigenvalue weighted by molar-refractivity contribution is -0.136. The van der Waals surface area contributed by atoms with Crippen LogP contribution in [0.2, 0.25) is 0 Å². The summed E-state index contributed by atoms with van der Waals surface area (Å²) >= 11 is 0. The van der Waals surface area contributed by atoms with E-state index in [-0.39, 0.29) is 12.5 Å². The van der Waals surface area contributed by atoms with Crippen molar-refractivity contribution in [2.45, 2.75) is 13.8 Å². The quantitative estimate of drug-likeness (QED) is 0.503. The van der Waals surface area contributed by atoms with Crippen LogP contribution >= 0.6 is 0 Å². The zero-order valence-electron chi connectivity index (χ0n) is 9.31. The first-order valence-electron chi connectivity index (χ1n) is 4.68. The largest absolute Gasteiger partial charge is 0.335 e. The molecule has 0 bridgehead atoms. The van der Waals surface area contributed by atoms with Crippen molar-refractivity contribution in [2.75, 3.05) is 11.9 Å². The van der Waals surface area contributed by atoms with Gasteiger partial charge in [-0.25, -0.2) is 4.98 Å². The van der Waals surface area contributed by atoms with Crippen molar-refractivity contribution >= 4 is 17.8 Å². The average molecular weight is 234 g/mol. The molecule has 1 aromatic heterocycles. The Morgan fingerprint density at radius 1 is 1.24 bits per heavy atom. The highest BCUT2D eigenvalue weighted by molar-refractivity contribution is 6.39. The highest BCUT2D eigenvalue weighted by atomic mass is 16.2. The van der Waals surface area contributed by atoms with Crippen molar-refractivity contribution in [3.63, 3.8) is 0 Å². The summed E-state index contributed by atoms with van der Waals surface area (Å²) < 4.78 is 0. The van der Waals surface area contributed by atoms with Gasteiger partial charge in [-0.1, -0.05) is 0 Å². The number of nitrogens with zero attached hydrogens (tertiary/aromatic N) is 4. The number of hydrogen-bond acceptors (Lipinski definition) is 6. The third-order valence-electron chi connectivity index (χ3n) is 1.85. The van der Waals surface area contributed by atoms with E-state index in [1.807, 2.05) is 0 Å². The molecule has 0 unspecified atom stereocenters. The minimum atomic E-state index is -0.940. The van der Waals surface area contributed by atoms with Crippen LogP contribution in [-0.2, 0) is 9.59 Å². The molecule has 0 aliphatic carbocycles. The van der Waals surface area contributed by atoms with E-state index in [1.54, 1.807) is 19.9 Å². The van der Waals surface area contributed by atoms with E-state index in [2.05, 4.69) is 25.8 Å². The lowest BCUT2D eigenvalue weighted by Crippen LogP contribution is -2.36. The normalized spacial score (nSPS) is 9.24. The fraction of sp³-hybridized carbons (Fsp3) is 0.333. The maximum absolute atomic E-state index is 11.3. The van der Waals surface area contributed by atoms with Crippen molar-refractivity contribution in [3.8, 4) is 6.07 Å². The lowest BCUT2D eigenvalue weighted by atomic mass is 10.4. The molecule has 2 N–H and O–H groups in total. The molecule has 2 amide bonds. The molecular weight excluding hydrogens is 224 g/mol. The van der Waals surface area contributed by atoms with E-state index in [4.69, 9.17) is 5.26 Å². The summed E-state index contributed by atoms with van der Waals surface area (Å²) in [6.07, 6.45) is 0. The topological polar surface area (TPSA) is 121 Å². The number of carbonyl (C=O) groups excluding carboxylic acids is 2. The SMILES string of the molecule is Cc1nnc(NC(=O)C(=O)NCC#N)nc1C. The zero-order valence-corrected chi connectivity index (χ0v) is 9.31. The molecule has 0 saturated heterocycles. The van der Waals surface area contributed by atoms with Gasteiger partial charge in [0, 0.05) is 0 Å². The summed E-state index contributed by atoms with van der Waals surface area (Å²) in [7, 11) is 0. The number of nitriles is 1. The Morgan fingerprint density at radius 3 is 2.53 bits per heavy atom. The molecular formula is C9H10N6O2. The summed E-state index contributed by atoms with van der Waals surface area (Å²) in [5.41, 5.74) is 1.24. The van der Waals surface area contributed by atoms with Gasteiger partial charge in [0.05, 0.1) is 17.5 Å². The molecule has 8 nitrogen and oxygen atoms in total. The van der Waals surface area contributed by atoms with Crippen LogP contribution in [0, 0.1) is 25.2 Å². The van der Waals surface area contributed by atoms with Crippen LogP contribution in [0.4, 0.5) is 5.95 Å². The number of aromatic nitrogens is 3. The first-order valence-corrected chi connectivity index (χ1v) is 4.68. The smallest absolute Gasteiger partial charge is 0.316 e. The van der Waals surface area contributed by atoms with Crippen LogP contribution in [-0.4, -0.2) is 33.5 Å². The van der Waals surface area contributed by atoms with Crippen molar-refractivity contribution in [1.82, 2.24) is 20.5 Å². The van der Waals surface area contributed by atoms with Crippen molar-refractivity contribution < 1.29 is 9.59 Å². The van der Waals surface area contributed by atoms with Gasteiger partial charge in [0.2, 0.25) is 5.95 Å². The third kappa shape index (κ3) is 3.49. The molecule has 0 spiro atoms. The Bertz CT molecular complexity index is 493. The Balaban J connectivity index is 2.65. The molecule has 0 radical (unpaired) electrons. The molecule has 1 rings (SSSR count). The predicted molar refractivity (Wildman–Crippen MR) is 56.6 cm³/mol. The standard InChI is InChI=1S/C9H10N6O2/c1-5-6(2)14-15-9(12-5)13-8(17)7(16)11-4-3-10/h4H2,1-2H3,(H,11,16)(H,12,13,15,17). The Kier molecular flexibility index (Phi) is 4.05. The van der Waals surface area contributed by atoms with Crippen LogP contribution in [0.25, 0.3) is 0 Å². The fourth-order valence-electron chi connectivity index (χ4n) is 0.868. The van der Waals surface area contributed by atoms with E-state index in [9.17, 15) is 9.59 Å². The minimum absolute atomic E-state index is 0.0507. The van der Waals surface area contributed by atoms with Gasteiger partial charge in [-0.3, -0.25) is 14.9 Å². The van der Waals surface area contributed by atoms with E-state index < -0.39 is 11.8 Å². The first-order chi connectivity index (χ1) is 8.04. The van der Waals surface area contributed by atoms with Crippen LogP contribution in [0.1, 0.15) is 11.4 Å². The number of aryl methyl sites for hydroxylation is 2. The van der Waals surface area contributed by atoms with Crippen LogP contribution in [0.15, 0.2) is 0 Å². The van der Waals surface area contributed by atoms with Gasteiger partial charge in [0.1, 0.15) is 6.54 Å². The van der Waals surface area contributed by atoms with E-state index in [0.717, 1.165) is 0 Å². The summed E-state index contributed by atoms with van der Waals surface area (Å²) in [4.78, 5) is 26.3. The summed E-state index contributed by atoms with van der Waals surface area (Å²) in [5.74, 6) is -1.91. The number of carbonyl (C=O) groups is 2.